The Morgan fingerprint density at radius 2 is 1.71 bits per heavy atom. The SMILES string of the molecule is O=C(NCc1coc(-c2ccccc2)n1)Nc1ccc(-c2noc(C(F)(F)F)n2)cc1. The van der Waals surface area contributed by atoms with Crippen molar-refractivity contribution >= 4 is 11.7 Å². The number of hydrogen-bond acceptors (Lipinski definition) is 6. The molecule has 0 bridgehead atoms. The number of alkyl halides is 3. The lowest BCUT2D eigenvalue weighted by molar-refractivity contribution is -0.159. The molecular formula is C20H14F3N5O3. The zero-order chi connectivity index (χ0) is 21.8. The Morgan fingerprint density at radius 1 is 0.968 bits per heavy atom. The molecule has 31 heavy (non-hydrogen) atoms. The predicted octanol–water partition coefficient (Wildman–Crippen LogP) is 4.73. The molecule has 4 rings (SSSR count). The van der Waals surface area contributed by atoms with Gasteiger partial charge in [-0.1, -0.05) is 23.4 Å². The van der Waals surface area contributed by atoms with Crippen molar-refractivity contribution in [2.75, 3.05) is 5.32 Å². The molecule has 0 spiro atoms. The van der Waals surface area contributed by atoms with Gasteiger partial charge in [-0.2, -0.15) is 18.2 Å². The van der Waals surface area contributed by atoms with Gasteiger partial charge in [0.1, 0.15) is 6.26 Å². The average molecular weight is 429 g/mol. The van der Waals surface area contributed by atoms with Crippen LogP contribution in [0.5, 0.6) is 0 Å². The molecule has 158 valence electrons. The van der Waals surface area contributed by atoms with Crippen LogP contribution < -0.4 is 10.6 Å². The van der Waals surface area contributed by atoms with E-state index < -0.39 is 18.1 Å². The Hall–Kier alpha value is -4.15. The van der Waals surface area contributed by atoms with E-state index in [1.54, 1.807) is 0 Å². The number of hydrogen-bond donors (Lipinski definition) is 2. The van der Waals surface area contributed by atoms with Crippen LogP contribution in [0.4, 0.5) is 23.7 Å². The normalized spacial score (nSPS) is 11.3. The fourth-order valence-electron chi connectivity index (χ4n) is 2.61. The van der Waals surface area contributed by atoms with Gasteiger partial charge < -0.3 is 19.6 Å². The lowest BCUT2D eigenvalue weighted by atomic mass is 10.2. The summed E-state index contributed by atoms with van der Waals surface area (Å²) in [4.78, 5) is 19.7. The van der Waals surface area contributed by atoms with Crippen molar-refractivity contribution in [3.05, 3.63) is 72.4 Å². The van der Waals surface area contributed by atoms with Gasteiger partial charge in [0.2, 0.25) is 11.7 Å². The van der Waals surface area contributed by atoms with Crippen LogP contribution in [0.15, 0.2) is 69.8 Å². The number of anilines is 1. The van der Waals surface area contributed by atoms with Crippen LogP contribution in [0.1, 0.15) is 11.6 Å². The van der Waals surface area contributed by atoms with Gasteiger partial charge >= 0.3 is 18.1 Å². The minimum Gasteiger partial charge on any atom is -0.444 e. The van der Waals surface area contributed by atoms with Crippen LogP contribution in [0, 0.1) is 0 Å². The van der Waals surface area contributed by atoms with Crippen LogP contribution in [0.3, 0.4) is 0 Å². The summed E-state index contributed by atoms with van der Waals surface area (Å²) in [6.45, 7) is 0.142. The lowest BCUT2D eigenvalue weighted by Crippen LogP contribution is -2.28. The van der Waals surface area contributed by atoms with E-state index in [9.17, 15) is 18.0 Å². The van der Waals surface area contributed by atoms with Crippen LogP contribution in [-0.4, -0.2) is 21.2 Å². The van der Waals surface area contributed by atoms with Crippen molar-refractivity contribution in [3.63, 3.8) is 0 Å². The number of nitrogens with one attached hydrogen (secondary N) is 2. The van der Waals surface area contributed by atoms with Gasteiger partial charge in [0.05, 0.1) is 12.2 Å². The van der Waals surface area contributed by atoms with Gasteiger partial charge in [0, 0.05) is 16.8 Å². The van der Waals surface area contributed by atoms with Crippen LogP contribution in [0.25, 0.3) is 22.8 Å². The van der Waals surface area contributed by atoms with Gasteiger partial charge in [-0.05, 0) is 36.4 Å². The second-order valence-corrected chi connectivity index (χ2v) is 6.32. The fraction of sp³-hybridized carbons (Fsp3) is 0.100. The Kier molecular flexibility index (Phi) is 5.39. The first kappa shape index (κ1) is 20.1. The van der Waals surface area contributed by atoms with E-state index in [0.29, 0.717) is 22.8 Å². The number of carbonyl (C=O) groups is 1. The molecule has 4 aromatic rings. The first-order valence-corrected chi connectivity index (χ1v) is 8.94. The molecule has 2 aromatic carbocycles. The molecule has 2 N–H and O–H groups in total. The number of benzene rings is 2. The Labute approximate surface area is 173 Å². The highest BCUT2D eigenvalue weighted by Crippen LogP contribution is 2.29. The van der Waals surface area contributed by atoms with Gasteiger partial charge in [0.15, 0.2) is 0 Å². The topological polar surface area (TPSA) is 106 Å². The van der Waals surface area contributed by atoms with E-state index in [1.807, 2.05) is 30.3 Å². The number of urea groups is 1. The van der Waals surface area contributed by atoms with Crippen LogP contribution in [-0.2, 0) is 12.7 Å². The molecule has 0 fully saturated rings. The summed E-state index contributed by atoms with van der Waals surface area (Å²) in [6.07, 6.45) is -3.26. The molecule has 0 aliphatic carbocycles. The Balaban J connectivity index is 1.32. The maximum absolute atomic E-state index is 12.5. The largest absolute Gasteiger partial charge is 0.471 e. The average Bonchev–Trinajstić information content (AvgIpc) is 3.43. The molecule has 0 aliphatic rings. The van der Waals surface area contributed by atoms with Crippen molar-refractivity contribution in [1.29, 1.82) is 0 Å². The summed E-state index contributed by atoms with van der Waals surface area (Å²) in [5, 5.41) is 8.56. The van der Waals surface area contributed by atoms with Crippen molar-refractivity contribution in [2.24, 2.45) is 0 Å². The van der Waals surface area contributed by atoms with E-state index in [2.05, 4.69) is 30.3 Å². The smallest absolute Gasteiger partial charge is 0.444 e. The standard InChI is InChI=1S/C20H14F3N5O3/c21-20(22,23)18-27-16(28-31-18)12-6-8-14(9-7-12)26-19(29)24-10-15-11-30-17(25-15)13-4-2-1-3-5-13/h1-9,11H,10H2,(H2,24,26,29). The van der Waals surface area contributed by atoms with Crippen molar-refractivity contribution in [2.45, 2.75) is 12.7 Å². The molecule has 0 atom stereocenters. The summed E-state index contributed by atoms with van der Waals surface area (Å²) < 4.78 is 47.2. The molecule has 0 saturated heterocycles. The first-order valence-electron chi connectivity index (χ1n) is 8.94. The zero-order valence-electron chi connectivity index (χ0n) is 15.7. The van der Waals surface area contributed by atoms with Crippen LogP contribution >= 0.6 is 0 Å². The zero-order valence-corrected chi connectivity index (χ0v) is 15.7. The number of amides is 2. The molecule has 0 unspecified atom stereocenters. The number of oxazole rings is 1. The number of halogens is 3. The maximum Gasteiger partial charge on any atom is 0.471 e. The summed E-state index contributed by atoms with van der Waals surface area (Å²) in [5.74, 6) is -1.18. The summed E-state index contributed by atoms with van der Waals surface area (Å²) in [5.41, 5.74) is 2.09. The first-order chi connectivity index (χ1) is 14.9. The molecule has 0 radical (unpaired) electrons. The molecule has 8 nitrogen and oxygen atoms in total. The van der Waals surface area contributed by atoms with Gasteiger partial charge in [-0.3, -0.25) is 0 Å². The Bertz CT molecular complexity index is 1170. The maximum atomic E-state index is 12.5. The third-order valence-corrected chi connectivity index (χ3v) is 4.07. The van der Waals surface area contributed by atoms with Gasteiger partial charge in [-0.25, -0.2) is 9.78 Å². The van der Waals surface area contributed by atoms with E-state index in [1.165, 1.54) is 30.5 Å². The quantitative estimate of drug-likeness (QED) is 0.475. The summed E-state index contributed by atoms with van der Waals surface area (Å²) in [6, 6.07) is 14.8. The summed E-state index contributed by atoms with van der Waals surface area (Å²) in [7, 11) is 0. The Morgan fingerprint density at radius 3 is 2.39 bits per heavy atom. The minimum absolute atomic E-state index is 0.142. The second-order valence-electron chi connectivity index (χ2n) is 6.32. The van der Waals surface area contributed by atoms with E-state index in [0.717, 1.165) is 5.56 Å². The molecule has 2 heterocycles. The van der Waals surface area contributed by atoms with E-state index >= 15 is 0 Å². The molecule has 0 saturated carbocycles. The molecule has 2 aromatic heterocycles. The van der Waals surface area contributed by atoms with Gasteiger partial charge in [0.25, 0.3) is 0 Å². The number of nitrogens with zero attached hydrogens (tertiary/aromatic N) is 3. The molecular weight excluding hydrogens is 415 g/mol. The fourth-order valence-corrected chi connectivity index (χ4v) is 2.61. The third kappa shape index (κ3) is 4.89. The second kappa shape index (κ2) is 8.30. The number of carbonyl (C=O) groups excluding carboxylic acids is 1. The number of aromatic nitrogens is 3. The number of rotatable bonds is 5. The highest BCUT2D eigenvalue weighted by molar-refractivity contribution is 5.89. The summed E-state index contributed by atoms with van der Waals surface area (Å²) >= 11 is 0. The van der Waals surface area contributed by atoms with Crippen molar-refractivity contribution in [3.8, 4) is 22.8 Å². The predicted molar refractivity (Wildman–Crippen MR) is 103 cm³/mol. The third-order valence-electron chi connectivity index (χ3n) is 4.07. The monoisotopic (exact) mass is 429 g/mol. The highest BCUT2D eigenvalue weighted by atomic mass is 19.4. The van der Waals surface area contributed by atoms with Crippen molar-refractivity contribution in [1.82, 2.24) is 20.4 Å². The minimum atomic E-state index is -4.71. The molecule has 2 amide bonds. The highest BCUT2D eigenvalue weighted by Gasteiger charge is 2.38. The molecule has 11 heteroatoms. The van der Waals surface area contributed by atoms with Crippen LogP contribution in [0.2, 0.25) is 0 Å². The van der Waals surface area contributed by atoms with E-state index in [4.69, 9.17) is 4.42 Å². The van der Waals surface area contributed by atoms with Crippen molar-refractivity contribution < 1.29 is 26.9 Å². The lowest BCUT2D eigenvalue weighted by Gasteiger charge is -2.06. The van der Waals surface area contributed by atoms with E-state index in [-0.39, 0.29) is 12.4 Å². The molecule has 0 aliphatic heterocycles. The van der Waals surface area contributed by atoms with Gasteiger partial charge in [-0.15, -0.1) is 0 Å².